The first-order valence-electron chi connectivity index (χ1n) is 8.78. The van der Waals surface area contributed by atoms with Crippen LogP contribution in [0.3, 0.4) is 0 Å². The minimum Gasteiger partial charge on any atom is -0.480 e. The van der Waals surface area contributed by atoms with Crippen LogP contribution in [0.15, 0.2) is 72.8 Å². The summed E-state index contributed by atoms with van der Waals surface area (Å²) in [7, 11) is 0. The van der Waals surface area contributed by atoms with E-state index in [0.29, 0.717) is 6.42 Å². The number of carbonyl (C=O) groups is 1. The Hall–Kier alpha value is -3.18. The second-order valence-corrected chi connectivity index (χ2v) is 7.47. The Morgan fingerprint density at radius 2 is 1.78 bits per heavy atom. The summed E-state index contributed by atoms with van der Waals surface area (Å²) in [6.07, 6.45) is 0.0801. The number of benzene rings is 3. The maximum absolute atomic E-state index is 12.8. The smallest absolute Gasteiger partial charge is 0.265 e. The monoisotopic (exact) mass is 372 g/mol. The minimum atomic E-state index is -0.508. The molecule has 5 rings (SSSR count). The van der Waals surface area contributed by atoms with E-state index in [2.05, 4.69) is 11.4 Å². The zero-order valence-corrected chi connectivity index (χ0v) is 15.2. The molecule has 0 fully saturated rings. The zero-order valence-electron chi connectivity index (χ0n) is 14.4. The van der Waals surface area contributed by atoms with E-state index in [9.17, 15) is 4.79 Å². The molecule has 0 saturated heterocycles. The predicted octanol–water partition coefficient (Wildman–Crippen LogP) is 4.91. The highest BCUT2D eigenvalue weighted by atomic mass is 32.1. The lowest BCUT2D eigenvalue weighted by atomic mass is 10.1. The van der Waals surface area contributed by atoms with Crippen LogP contribution in [-0.2, 0) is 11.2 Å². The van der Waals surface area contributed by atoms with Gasteiger partial charge in [-0.05, 0) is 35.9 Å². The molecule has 3 aromatic carbocycles. The zero-order chi connectivity index (χ0) is 18.2. The number of nitrogens with one attached hydrogen (secondary N) is 1. The number of fused-ring (bicyclic) bond motifs is 2. The molecular formula is C22H16N2O2S. The molecule has 27 heavy (non-hydrogen) atoms. The van der Waals surface area contributed by atoms with Crippen molar-refractivity contribution in [1.29, 1.82) is 0 Å². The number of hydrogen-bond donors (Lipinski definition) is 1. The van der Waals surface area contributed by atoms with Crippen LogP contribution >= 0.6 is 11.3 Å². The molecule has 5 heteroatoms. The largest absolute Gasteiger partial charge is 0.480 e. The van der Waals surface area contributed by atoms with Crippen molar-refractivity contribution in [2.75, 3.05) is 5.32 Å². The Kier molecular flexibility index (Phi) is 3.87. The van der Waals surface area contributed by atoms with E-state index in [1.54, 1.807) is 11.3 Å². The van der Waals surface area contributed by atoms with E-state index >= 15 is 0 Å². The van der Waals surface area contributed by atoms with Crippen molar-refractivity contribution < 1.29 is 9.53 Å². The molecule has 1 aromatic heterocycles. The molecule has 0 bridgehead atoms. The van der Waals surface area contributed by atoms with Gasteiger partial charge in [0.25, 0.3) is 5.91 Å². The summed E-state index contributed by atoms with van der Waals surface area (Å²) in [6.45, 7) is 0. The number of aromatic nitrogens is 1. The molecule has 0 aliphatic carbocycles. The molecule has 1 atom stereocenters. The lowest BCUT2D eigenvalue weighted by Gasteiger charge is -2.13. The van der Waals surface area contributed by atoms with Crippen molar-refractivity contribution in [2.24, 2.45) is 0 Å². The lowest BCUT2D eigenvalue weighted by molar-refractivity contribution is -0.122. The third-order valence-electron chi connectivity index (χ3n) is 4.65. The Labute approximate surface area is 160 Å². The average Bonchev–Trinajstić information content (AvgIpc) is 3.32. The minimum absolute atomic E-state index is 0.139. The maximum atomic E-state index is 12.8. The van der Waals surface area contributed by atoms with Crippen LogP contribution in [0.4, 0.5) is 5.69 Å². The van der Waals surface area contributed by atoms with Gasteiger partial charge in [0.2, 0.25) is 0 Å². The summed E-state index contributed by atoms with van der Waals surface area (Å²) in [5, 5.41) is 3.92. The van der Waals surface area contributed by atoms with Gasteiger partial charge in [-0.2, -0.15) is 0 Å². The molecule has 1 aliphatic rings. The van der Waals surface area contributed by atoms with Gasteiger partial charge in [0.05, 0.1) is 15.9 Å². The van der Waals surface area contributed by atoms with Crippen LogP contribution in [0.2, 0.25) is 0 Å². The summed E-state index contributed by atoms with van der Waals surface area (Å²) >= 11 is 1.62. The summed E-state index contributed by atoms with van der Waals surface area (Å²) in [5.41, 5.74) is 3.70. The highest BCUT2D eigenvalue weighted by molar-refractivity contribution is 7.21. The van der Waals surface area contributed by atoms with E-state index in [1.807, 2.05) is 66.7 Å². The highest BCUT2D eigenvalue weighted by Gasteiger charge is 2.29. The van der Waals surface area contributed by atoms with Crippen LogP contribution < -0.4 is 10.1 Å². The van der Waals surface area contributed by atoms with Crippen molar-refractivity contribution >= 4 is 33.1 Å². The van der Waals surface area contributed by atoms with Gasteiger partial charge in [0, 0.05) is 12.0 Å². The van der Waals surface area contributed by atoms with E-state index in [-0.39, 0.29) is 5.91 Å². The molecule has 1 unspecified atom stereocenters. The average molecular weight is 372 g/mol. The first-order chi connectivity index (χ1) is 13.3. The fraction of sp³-hybridized carbons (Fsp3) is 0.0909. The SMILES string of the molecule is O=C(Nc1ccccc1-c1nc2ccccc2s1)C1Cc2ccccc2O1. The Morgan fingerprint density at radius 3 is 2.67 bits per heavy atom. The predicted molar refractivity (Wildman–Crippen MR) is 108 cm³/mol. The molecular weight excluding hydrogens is 356 g/mol. The van der Waals surface area contributed by atoms with E-state index < -0.39 is 6.10 Å². The summed E-state index contributed by atoms with van der Waals surface area (Å²) in [5.74, 6) is 0.650. The number of rotatable bonds is 3. The number of ether oxygens (including phenoxy) is 1. The van der Waals surface area contributed by atoms with Gasteiger partial charge in [-0.15, -0.1) is 11.3 Å². The Morgan fingerprint density at radius 1 is 1.00 bits per heavy atom. The van der Waals surface area contributed by atoms with Crippen LogP contribution in [0.25, 0.3) is 20.8 Å². The van der Waals surface area contributed by atoms with Crippen molar-refractivity contribution in [1.82, 2.24) is 4.98 Å². The van der Waals surface area contributed by atoms with Crippen LogP contribution in [0.5, 0.6) is 5.75 Å². The molecule has 1 amide bonds. The third-order valence-corrected chi connectivity index (χ3v) is 5.72. The van der Waals surface area contributed by atoms with Gasteiger partial charge in [-0.25, -0.2) is 4.98 Å². The van der Waals surface area contributed by atoms with Crippen molar-refractivity contribution in [2.45, 2.75) is 12.5 Å². The van der Waals surface area contributed by atoms with Crippen molar-refractivity contribution in [3.05, 3.63) is 78.4 Å². The second kappa shape index (κ2) is 6.52. The number of amides is 1. The van der Waals surface area contributed by atoms with Gasteiger partial charge in [-0.3, -0.25) is 4.79 Å². The molecule has 0 radical (unpaired) electrons. The van der Waals surface area contributed by atoms with Crippen molar-refractivity contribution in [3.8, 4) is 16.3 Å². The summed E-state index contributed by atoms with van der Waals surface area (Å²) in [4.78, 5) is 17.5. The summed E-state index contributed by atoms with van der Waals surface area (Å²) < 4.78 is 6.94. The Bertz CT molecular complexity index is 1090. The molecule has 1 N–H and O–H groups in total. The first kappa shape index (κ1) is 16.0. The molecule has 4 nitrogen and oxygen atoms in total. The molecule has 0 spiro atoms. The fourth-order valence-electron chi connectivity index (χ4n) is 3.31. The number of thiazole rings is 1. The highest BCUT2D eigenvalue weighted by Crippen LogP contribution is 2.35. The van der Waals surface area contributed by atoms with E-state index in [0.717, 1.165) is 37.8 Å². The normalized spacial score (nSPS) is 15.3. The van der Waals surface area contributed by atoms with E-state index in [4.69, 9.17) is 9.72 Å². The van der Waals surface area contributed by atoms with Crippen molar-refractivity contribution in [3.63, 3.8) is 0 Å². The van der Waals surface area contributed by atoms with Crippen LogP contribution in [0.1, 0.15) is 5.56 Å². The van der Waals surface area contributed by atoms with Crippen LogP contribution in [0, 0.1) is 0 Å². The topological polar surface area (TPSA) is 51.2 Å². The number of nitrogens with zero attached hydrogens (tertiary/aromatic N) is 1. The van der Waals surface area contributed by atoms with Gasteiger partial charge < -0.3 is 10.1 Å². The summed E-state index contributed by atoms with van der Waals surface area (Å²) in [6, 6.07) is 23.6. The Balaban J connectivity index is 1.42. The fourth-order valence-corrected chi connectivity index (χ4v) is 4.31. The number of para-hydroxylation sites is 3. The quantitative estimate of drug-likeness (QED) is 0.556. The second-order valence-electron chi connectivity index (χ2n) is 6.44. The molecule has 4 aromatic rings. The number of carbonyl (C=O) groups excluding carboxylic acids is 1. The van der Waals surface area contributed by atoms with Gasteiger partial charge in [-0.1, -0.05) is 42.5 Å². The standard InChI is InChI=1S/C22H16N2O2S/c25-21(19-13-14-7-1-5-11-18(14)26-19)23-16-9-3-2-8-15(16)22-24-17-10-4-6-12-20(17)27-22/h1-12,19H,13H2,(H,23,25). The van der Waals surface area contributed by atoms with Gasteiger partial charge >= 0.3 is 0 Å². The third kappa shape index (κ3) is 2.96. The molecule has 132 valence electrons. The molecule has 0 saturated carbocycles. The number of hydrogen-bond acceptors (Lipinski definition) is 4. The number of anilines is 1. The van der Waals surface area contributed by atoms with Gasteiger partial charge in [0.15, 0.2) is 6.10 Å². The van der Waals surface area contributed by atoms with E-state index in [1.165, 1.54) is 0 Å². The van der Waals surface area contributed by atoms with Gasteiger partial charge in [0.1, 0.15) is 10.8 Å². The molecule has 2 heterocycles. The first-order valence-corrected chi connectivity index (χ1v) is 9.60. The lowest BCUT2D eigenvalue weighted by Crippen LogP contribution is -2.31. The van der Waals surface area contributed by atoms with Crippen LogP contribution in [-0.4, -0.2) is 17.0 Å². The maximum Gasteiger partial charge on any atom is 0.265 e. The molecule has 1 aliphatic heterocycles.